The van der Waals surface area contributed by atoms with Gasteiger partial charge in [-0.3, -0.25) is 5.10 Å². The summed E-state index contributed by atoms with van der Waals surface area (Å²) in [5.41, 5.74) is 0.803. The first kappa shape index (κ1) is 12.0. The number of benzene rings is 1. The molecule has 2 aromatic rings. The molecule has 2 rings (SSSR count). The summed E-state index contributed by atoms with van der Waals surface area (Å²) in [6.07, 6.45) is 1.45. The van der Waals surface area contributed by atoms with E-state index in [2.05, 4.69) is 15.2 Å². The van der Waals surface area contributed by atoms with Crippen molar-refractivity contribution in [3.05, 3.63) is 39.1 Å². The van der Waals surface area contributed by atoms with Gasteiger partial charge < -0.3 is 0 Å². The van der Waals surface area contributed by atoms with Crippen LogP contribution in [0.3, 0.4) is 0 Å². The van der Waals surface area contributed by atoms with Crippen molar-refractivity contribution in [1.82, 2.24) is 15.2 Å². The van der Waals surface area contributed by atoms with Crippen molar-refractivity contribution in [2.24, 2.45) is 0 Å². The van der Waals surface area contributed by atoms with Crippen LogP contribution in [0.4, 0.5) is 0 Å². The summed E-state index contributed by atoms with van der Waals surface area (Å²) in [6.45, 7) is 0. The largest absolute Gasteiger partial charge is 0.254 e. The number of halogens is 3. The predicted octanol–water partition coefficient (Wildman–Crippen LogP) is 4.06. The van der Waals surface area contributed by atoms with Gasteiger partial charge in [-0.1, -0.05) is 46.6 Å². The topological polar surface area (TPSA) is 41.6 Å². The second kappa shape index (κ2) is 5.27. The number of nitrogens with one attached hydrogen (secondary N) is 1. The van der Waals surface area contributed by atoms with E-state index in [0.717, 1.165) is 5.56 Å². The molecule has 0 fully saturated rings. The fourth-order valence-electron chi connectivity index (χ4n) is 1.11. The fraction of sp³-hybridized carbons (Fsp3) is 0.111. The van der Waals surface area contributed by atoms with Crippen molar-refractivity contribution in [3.63, 3.8) is 0 Å². The first-order chi connectivity index (χ1) is 7.68. The highest BCUT2D eigenvalue weighted by atomic mass is 35.5. The minimum Gasteiger partial charge on any atom is -0.254 e. The molecule has 0 aliphatic carbocycles. The van der Waals surface area contributed by atoms with Gasteiger partial charge in [-0.15, -0.1) is 0 Å². The Morgan fingerprint density at radius 1 is 1.19 bits per heavy atom. The monoisotopic (exact) mass is 293 g/mol. The molecule has 0 bridgehead atoms. The first-order valence-electron chi connectivity index (χ1n) is 4.29. The van der Waals surface area contributed by atoms with Crippen LogP contribution < -0.4 is 0 Å². The maximum Gasteiger partial charge on any atom is 0.183 e. The lowest BCUT2D eigenvalue weighted by atomic mass is 10.2. The van der Waals surface area contributed by atoms with Gasteiger partial charge in [0.15, 0.2) is 5.16 Å². The standard InChI is InChI=1S/C9H6Cl3N3S/c10-6-1-2-7(11)8(12)5(6)3-16-9-13-4-14-15-9/h1-2,4H,3H2,(H,13,14,15). The van der Waals surface area contributed by atoms with Crippen LogP contribution >= 0.6 is 46.6 Å². The van der Waals surface area contributed by atoms with Crippen molar-refractivity contribution in [2.45, 2.75) is 10.9 Å². The molecular formula is C9H6Cl3N3S. The molecule has 0 radical (unpaired) electrons. The van der Waals surface area contributed by atoms with E-state index in [1.807, 2.05) is 0 Å². The summed E-state index contributed by atoms with van der Waals surface area (Å²) in [7, 11) is 0. The third-order valence-corrected chi connectivity index (χ3v) is 3.99. The Balaban J connectivity index is 2.18. The van der Waals surface area contributed by atoms with Crippen molar-refractivity contribution < 1.29 is 0 Å². The van der Waals surface area contributed by atoms with Gasteiger partial charge in [-0.2, -0.15) is 5.10 Å². The normalized spacial score (nSPS) is 10.7. The number of hydrogen-bond donors (Lipinski definition) is 1. The Morgan fingerprint density at radius 2 is 1.94 bits per heavy atom. The number of thioether (sulfide) groups is 1. The minimum atomic E-state index is 0.487. The third kappa shape index (κ3) is 2.63. The zero-order valence-electron chi connectivity index (χ0n) is 7.88. The number of rotatable bonds is 3. The molecule has 0 saturated heterocycles. The van der Waals surface area contributed by atoms with Crippen molar-refractivity contribution in [2.75, 3.05) is 0 Å². The van der Waals surface area contributed by atoms with Gasteiger partial charge in [0, 0.05) is 16.3 Å². The third-order valence-electron chi connectivity index (χ3n) is 1.89. The molecule has 0 amide bonds. The van der Waals surface area contributed by atoms with Crippen LogP contribution in [0.2, 0.25) is 15.1 Å². The van der Waals surface area contributed by atoms with E-state index in [1.54, 1.807) is 12.1 Å². The van der Waals surface area contributed by atoms with Gasteiger partial charge in [-0.05, 0) is 12.1 Å². The zero-order chi connectivity index (χ0) is 11.5. The molecule has 7 heteroatoms. The van der Waals surface area contributed by atoms with E-state index in [-0.39, 0.29) is 0 Å². The molecule has 0 aliphatic rings. The highest BCUT2D eigenvalue weighted by Crippen LogP contribution is 2.34. The first-order valence-corrected chi connectivity index (χ1v) is 6.41. The summed E-state index contributed by atoms with van der Waals surface area (Å²) in [4.78, 5) is 3.99. The second-order valence-electron chi connectivity index (χ2n) is 2.90. The molecule has 0 aliphatic heterocycles. The highest BCUT2D eigenvalue weighted by Gasteiger charge is 2.10. The molecular weight excluding hydrogens is 289 g/mol. The molecule has 1 N–H and O–H groups in total. The van der Waals surface area contributed by atoms with E-state index >= 15 is 0 Å². The van der Waals surface area contributed by atoms with Gasteiger partial charge >= 0.3 is 0 Å². The van der Waals surface area contributed by atoms with Crippen LogP contribution in [0, 0.1) is 0 Å². The SMILES string of the molecule is Clc1ccc(Cl)c(CSc2ncn[nH]2)c1Cl. The number of nitrogens with zero attached hydrogens (tertiary/aromatic N) is 2. The fourth-order valence-corrected chi connectivity index (χ4v) is 2.77. The van der Waals surface area contributed by atoms with Gasteiger partial charge in [0.1, 0.15) is 6.33 Å². The molecule has 3 nitrogen and oxygen atoms in total. The number of aromatic amines is 1. The maximum absolute atomic E-state index is 6.06. The van der Waals surface area contributed by atoms with E-state index in [0.29, 0.717) is 26.0 Å². The Kier molecular flexibility index (Phi) is 3.97. The molecule has 0 atom stereocenters. The van der Waals surface area contributed by atoms with Crippen LogP contribution in [-0.4, -0.2) is 15.2 Å². The zero-order valence-corrected chi connectivity index (χ0v) is 11.0. The summed E-state index contributed by atoms with van der Waals surface area (Å²) in [5.74, 6) is 0.591. The number of aromatic nitrogens is 3. The Hall–Kier alpha value is -0.420. The van der Waals surface area contributed by atoms with E-state index in [4.69, 9.17) is 34.8 Å². The Labute approximate surface area is 112 Å². The summed E-state index contributed by atoms with van der Waals surface area (Å²) in [6, 6.07) is 3.40. The lowest BCUT2D eigenvalue weighted by molar-refractivity contribution is 0.973. The molecule has 0 unspecified atom stereocenters. The second-order valence-corrected chi connectivity index (χ2v) is 5.06. The van der Waals surface area contributed by atoms with Crippen LogP contribution in [0.15, 0.2) is 23.6 Å². The van der Waals surface area contributed by atoms with E-state index in [9.17, 15) is 0 Å². The number of H-pyrrole nitrogens is 1. The van der Waals surface area contributed by atoms with Crippen LogP contribution in [0.5, 0.6) is 0 Å². The molecule has 0 saturated carbocycles. The molecule has 0 spiro atoms. The number of hydrogen-bond acceptors (Lipinski definition) is 3. The summed E-state index contributed by atoms with van der Waals surface area (Å²) in [5, 5.41) is 8.79. The molecule has 1 aromatic heterocycles. The minimum absolute atomic E-state index is 0.487. The summed E-state index contributed by atoms with van der Waals surface area (Å²) >= 11 is 19.5. The Morgan fingerprint density at radius 3 is 2.62 bits per heavy atom. The Bertz CT molecular complexity index is 487. The lowest BCUT2D eigenvalue weighted by Gasteiger charge is -2.06. The van der Waals surface area contributed by atoms with Crippen molar-refractivity contribution >= 4 is 46.6 Å². The average Bonchev–Trinajstić information content (AvgIpc) is 2.77. The van der Waals surface area contributed by atoms with Gasteiger partial charge in [0.25, 0.3) is 0 Å². The predicted molar refractivity (Wildman–Crippen MR) is 67.4 cm³/mol. The smallest absolute Gasteiger partial charge is 0.183 e. The van der Waals surface area contributed by atoms with Crippen LogP contribution in [0.25, 0.3) is 0 Å². The van der Waals surface area contributed by atoms with Crippen molar-refractivity contribution in [1.29, 1.82) is 0 Å². The molecule has 84 valence electrons. The average molecular weight is 295 g/mol. The molecule has 16 heavy (non-hydrogen) atoms. The van der Waals surface area contributed by atoms with Crippen molar-refractivity contribution in [3.8, 4) is 0 Å². The highest BCUT2D eigenvalue weighted by molar-refractivity contribution is 7.98. The molecule has 1 aromatic carbocycles. The summed E-state index contributed by atoms with van der Waals surface area (Å²) < 4.78 is 0. The van der Waals surface area contributed by atoms with Crippen LogP contribution in [0.1, 0.15) is 5.56 Å². The van der Waals surface area contributed by atoms with E-state index < -0.39 is 0 Å². The maximum atomic E-state index is 6.06. The quantitative estimate of drug-likeness (QED) is 0.685. The van der Waals surface area contributed by atoms with E-state index in [1.165, 1.54) is 18.1 Å². The van der Waals surface area contributed by atoms with Crippen LogP contribution in [-0.2, 0) is 5.75 Å². The van der Waals surface area contributed by atoms with Gasteiger partial charge in [0.2, 0.25) is 0 Å². The van der Waals surface area contributed by atoms with Gasteiger partial charge in [-0.25, -0.2) is 4.98 Å². The molecule has 1 heterocycles. The lowest BCUT2D eigenvalue weighted by Crippen LogP contribution is -1.87. The van der Waals surface area contributed by atoms with Gasteiger partial charge in [0.05, 0.1) is 10.0 Å².